The van der Waals surface area contributed by atoms with Gasteiger partial charge in [0.15, 0.2) is 0 Å². The Morgan fingerprint density at radius 1 is 1.10 bits per heavy atom. The molecule has 0 heterocycles. The van der Waals surface area contributed by atoms with Crippen LogP contribution in [0.5, 0.6) is 0 Å². The van der Waals surface area contributed by atoms with Crippen molar-refractivity contribution in [1.29, 1.82) is 0 Å². The lowest BCUT2D eigenvalue weighted by Crippen LogP contribution is -2.24. The summed E-state index contributed by atoms with van der Waals surface area (Å²) in [7, 11) is 0. The summed E-state index contributed by atoms with van der Waals surface area (Å²) in [5.74, 6) is 0.0856. The summed E-state index contributed by atoms with van der Waals surface area (Å²) in [4.78, 5) is 11.5. The fourth-order valence-corrected chi connectivity index (χ4v) is 2.40. The van der Waals surface area contributed by atoms with E-state index in [1.165, 1.54) is 32.1 Å². The SMILES string of the molecule is CCCCCCC(C)Nc1ccc(CC(=O)NCC)cc1. The zero-order chi connectivity index (χ0) is 15.5. The van der Waals surface area contributed by atoms with Gasteiger partial charge in [0.25, 0.3) is 0 Å². The van der Waals surface area contributed by atoms with Crippen LogP contribution < -0.4 is 10.6 Å². The smallest absolute Gasteiger partial charge is 0.224 e. The van der Waals surface area contributed by atoms with Gasteiger partial charge in [0.1, 0.15) is 0 Å². The van der Waals surface area contributed by atoms with Crippen molar-refractivity contribution in [3.05, 3.63) is 29.8 Å². The maximum atomic E-state index is 11.5. The molecule has 3 heteroatoms. The number of nitrogens with one attached hydrogen (secondary N) is 2. The number of unbranched alkanes of at least 4 members (excludes halogenated alkanes) is 3. The summed E-state index contributed by atoms with van der Waals surface area (Å²) in [6.45, 7) is 7.10. The summed E-state index contributed by atoms with van der Waals surface area (Å²) in [5.41, 5.74) is 2.19. The number of carbonyl (C=O) groups is 1. The zero-order valence-electron chi connectivity index (χ0n) is 13.7. The van der Waals surface area contributed by atoms with Gasteiger partial charge < -0.3 is 10.6 Å². The van der Waals surface area contributed by atoms with Crippen LogP contribution in [0, 0.1) is 0 Å². The lowest BCUT2D eigenvalue weighted by Gasteiger charge is -2.15. The molecule has 0 saturated carbocycles. The Hall–Kier alpha value is -1.51. The second kappa shape index (κ2) is 10.3. The van der Waals surface area contributed by atoms with E-state index in [-0.39, 0.29) is 5.91 Å². The average Bonchev–Trinajstić information content (AvgIpc) is 2.46. The van der Waals surface area contributed by atoms with Crippen LogP contribution >= 0.6 is 0 Å². The van der Waals surface area contributed by atoms with Crippen LogP contribution in [0.4, 0.5) is 5.69 Å². The van der Waals surface area contributed by atoms with Gasteiger partial charge in [0, 0.05) is 18.3 Å². The second-order valence-corrected chi connectivity index (χ2v) is 5.72. The Kier molecular flexibility index (Phi) is 8.56. The molecule has 0 aliphatic carbocycles. The van der Waals surface area contributed by atoms with Gasteiger partial charge in [-0.1, -0.05) is 44.7 Å². The number of benzene rings is 1. The highest BCUT2D eigenvalue weighted by Gasteiger charge is 2.04. The predicted octanol–water partition coefficient (Wildman–Crippen LogP) is 4.14. The van der Waals surface area contributed by atoms with E-state index < -0.39 is 0 Å². The molecule has 0 saturated heterocycles. The van der Waals surface area contributed by atoms with Crippen LogP contribution in [0.3, 0.4) is 0 Å². The lowest BCUT2D eigenvalue weighted by atomic mass is 10.1. The third kappa shape index (κ3) is 7.74. The van der Waals surface area contributed by atoms with Crippen LogP contribution in [0.15, 0.2) is 24.3 Å². The molecule has 118 valence electrons. The van der Waals surface area contributed by atoms with Crippen LogP contribution in [-0.4, -0.2) is 18.5 Å². The second-order valence-electron chi connectivity index (χ2n) is 5.72. The monoisotopic (exact) mass is 290 g/mol. The number of amides is 1. The largest absolute Gasteiger partial charge is 0.383 e. The van der Waals surface area contributed by atoms with Crippen LogP contribution in [0.25, 0.3) is 0 Å². The topological polar surface area (TPSA) is 41.1 Å². The van der Waals surface area contributed by atoms with Gasteiger partial charge in [0.2, 0.25) is 5.91 Å². The van der Waals surface area contributed by atoms with Crippen molar-refractivity contribution in [2.45, 2.75) is 65.3 Å². The molecule has 3 nitrogen and oxygen atoms in total. The number of hydrogen-bond donors (Lipinski definition) is 2. The molecule has 1 amide bonds. The molecule has 0 spiro atoms. The molecule has 1 rings (SSSR count). The van der Waals surface area contributed by atoms with E-state index in [0.29, 0.717) is 19.0 Å². The highest BCUT2D eigenvalue weighted by Crippen LogP contribution is 2.14. The maximum Gasteiger partial charge on any atom is 0.224 e. The molecule has 1 aromatic carbocycles. The third-order valence-corrected chi connectivity index (χ3v) is 3.60. The van der Waals surface area contributed by atoms with E-state index in [1.54, 1.807) is 0 Å². The maximum absolute atomic E-state index is 11.5. The Morgan fingerprint density at radius 2 is 1.81 bits per heavy atom. The Bertz CT molecular complexity index is 400. The number of carbonyl (C=O) groups excluding carboxylic acids is 1. The minimum absolute atomic E-state index is 0.0856. The van der Waals surface area contributed by atoms with Crippen molar-refractivity contribution < 1.29 is 4.79 Å². The Labute approximate surface area is 129 Å². The number of rotatable bonds is 10. The standard InChI is InChI=1S/C18H30N2O/c1-4-6-7-8-9-15(3)20-17-12-10-16(11-13-17)14-18(21)19-5-2/h10-13,15,20H,4-9,14H2,1-3H3,(H,19,21). The first kappa shape index (κ1) is 17.5. The quantitative estimate of drug-likeness (QED) is 0.636. The number of hydrogen-bond acceptors (Lipinski definition) is 2. The molecule has 0 aromatic heterocycles. The lowest BCUT2D eigenvalue weighted by molar-refractivity contribution is -0.120. The molecule has 0 radical (unpaired) electrons. The van der Waals surface area contributed by atoms with Crippen LogP contribution in [0.1, 0.15) is 58.4 Å². The van der Waals surface area contributed by atoms with E-state index in [1.807, 2.05) is 19.1 Å². The highest BCUT2D eigenvalue weighted by atomic mass is 16.1. The van der Waals surface area contributed by atoms with Gasteiger partial charge in [-0.15, -0.1) is 0 Å². The molecule has 0 aliphatic rings. The van der Waals surface area contributed by atoms with E-state index in [9.17, 15) is 4.79 Å². The highest BCUT2D eigenvalue weighted by molar-refractivity contribution is 5.78. The van der Waals surface area contributed by atoms with Gasteiger partial charge in [-0.2, -0.15) is 0 Å². The molecular formula is C18H30N2O. The van der Waals surface area contributed by atoms with Crippen molar-refractivity contribution in [1.82, 2.24) is 5.32 Å². The molecule has 1 unspecified atom stereocenters. The average molecular weight is 290 g/mol. The first-order chi connectivity index (χ1) is 10.2. The molecule has 2 N–H and O–H groups in total. The Morgan fingerprint density at radius 3 is 2.43 bits per heavy atom. The van der Waals surface area contributed by atoms with Gasteiger partial charge >= 0.3 is 0 Å². The summed E-state index contributed by atoms with van der Waals surface area (Å²) < 4.78 is 0. The van der Waals surface area contributed by atoms with Crippen LogP contribution in [-0.2, 0) is 11.2 Å². The number of anilines is 1. The van der Waals surface area contributed by atoms with E-state index in [2.05, 4.69) is 36.6 Å². The molecule has 0 aliphatic heterocycles. The normalized spacial score (nSPS) is 12.0. The molecule has 0 bridgehead atoms. The van der Waals surface area contributed by atoms with Gasteiger partial charge in [-0.3, -0.25) is 4.79 Å². The number of likely N-dealkylation sites (N-methyl/N-ethyl adjacent to an activating group) is 1. The summed E-state index contributed by atoms with van der Waals surface area (Å²) in [6, 6.07) is 8.69. The van der Waals surface area contributed by atoms with Crippen molar-refractivity contribution in [3.63, 3.8) is 0 Å². The van der Waals surface area contributed by atoms with Crippen molar-refractivity contribution in [2.24, 2.45) is 0 Å². The first-order valence-electron chi connectivity index (χ1n) is 8.27. The van der Waals surface area contributed by atoms with Crippen LogP contribution in [0.2, 0.25) is 0 Å². The van der Waals surface area contributed by atoms with Crippen molar-refractivity contribution in [3.8, 4) is 0 Å². The summed E-state index contributed by atoms with van der Waals surface area (Å²) >= 11 is 0. The summed E-state index contributed by atoms with van der Waals surface area (Å²) in [6.07, 6.45) is 6.91. The fourth-order valence-electron chi connectivity index (χ4n) is 2.40. The third-order valence-electron chi connectivity index (χ3n) is 3.60. The molecular weight excluding hydrogens is 260 g/mol. The Balaban J connectivity index is 2.34. The molecule has 1 atom stereocenters. The van der Waals surface area contributed by atoms with Gasteiger partial charge in [-0.05, 0) is 38.0 Å². The van der Waals surface area contributed by atoms with E-state index in [4.69, 9.17) is 0 Å². The van der Waals surface area contributed by atoms with Crippen molar-refractivity contribution in [2.75, 3.05) is 11.9 Å². The van der Waals surface area contributed by atoms with E-state index in [0.717, 1.165) is 11.3 Å². The minimum Gasteiger partial charge on any atom is -0.383 e. The van der Waals surface area contributed by atoms with Gasteiger partial charge in [0.05, 0.1) is 6.42 Å². The zero-order valence-corrected chi connectivity index (χ0v) is 13.7. The molecule has 0 fully saturated rings. The first-order valence-corrected chi connectivity index (χ1v) is 8.27. The van der Waals surface area contributed by atoms with Gasteiger partial charge in [-0.25, -0.2) is 0 Å². The minimum atomic E-state index is 0.0856. The van der Waals surface area contributed by atoms with E-state index >= 15 is 0 Å². The predicted molar refractivity (Wildman–Crippen MR) is 90.7 cm³/mol. The molecule has 1 aromatic rings. The van der Waals surface area contributed by atoms with Crippen molar-refractivity contribution >= 4 is 11.6 Å². The molecule has 21 heavy (non-hydrogen) atoms. The summed E-state index contributed by atoms with van der Waals surface area (Å²) in [5, 5.41) is 6.34. The fraction of sp³-hybridized carbons (Fsp3) is 0.611.